The van der Waals surface area contributed by atoms with Crippen molar-refractivity contribution in [2.45, 2.75) is 297 Å². The first kappa shape index (κ1) is 60.1. The Morgan fingerprint density at radius 3 is 1.11 bits per heavy atom. The average molecular weight is 871 g/mol. The van der Waals surface area contributed by atoms with Gasteiger partial charge in [-0.1, -0.05) is 237 Å². The van der Waals surface area contributed by atoms with Gasteiger partial charge >= 0.3 is 11.9 Å². The predicted molar refractivity (Wildman–Crippen MR) is 270 cm³/mol. The molecule has 0 aromatic carbocycles. The van der Waals surface area contributed by atoms with Crippen molar-refractivity contribution in [1.29, 1.82) is 0 Å². The molecule has 1 unspecified atom stereocenters. The summed E-state index contributed by atoms with van der Waals surface area (Å²) in [7, 11) is 0. The molecule has 364 valence electrons. The van der Waals surface area contributed by atoms with Gasteiger partial charge in [-0.25, -0.2) is 0 Å². The molecule has 0 aliphatic carbocycles. The minimum atomic E-state index is -0.536. The lowest BCUT2D eigenvalue weighted by atomic mass is 10.1. The molecule has 5 heteroatoms. The highest BCUT2D eigenvalue weighted by Crippen LogP contribution is 2.15. The van der Waals surface area contributed by atoms with Gasteiger partial charge < -0.3 is 14.2 Å². The predicted octanol–water partition coefficient (Wildman–Crippen LogP) is 18.6. The number of allylic oxidation sites excluding steroid dienone is 6. The van der Waals surface area contributed by atoms with E-state index in [1.807, 2.05) is 0 Å². The molecule has 0 aliphatic rings. The lowest BCUT2D eigenvalue weighted by molar-refractivity contribution is -0.163. The number of hydrogen-bond donors (Lipinski definition) is 0. The monoisotopic (exact) mass is 871 g/mol. The minimum Gasteiger partial charge on any atom is -0.462 e. The Labute approximate surface area is 387 Å². The summed E-state index contributed by atoms with van der Waals surface area (Å²) in [6, 6.07) is 0. The molecule has 0 rings (SSSR count). The molecule has 0 aromatic heterocycles. The van der Waals surface area contributed by atoms with Gasteiger partial charge in [0.25, 0.3) is 0 Å². The van der Waals surface area contributed by atoms with E-state index in [4.69, 9.17) is 14.2 Å². The molecule has 5 nitrogen and oxygen atoms in total. The molecular weight excluding hydrogens is 765 g/mol. The molecule has 0 bridgehead atoms. The molecule has 0 spiro atoms. The third-order valence-corrected chi connectivity index (χ3v) is 12.1. The van der Waals surface area contributed by atoms with Gasteiger partial charge in [-0.15, -0.1) is 0 Å². The maximum atomic E-state index is 12.8. The highest BCUT2D eigenvalue weighted by molar-refractivity contribution is 5.70. The van der Waals surface area contributed by atoms with E-state index in [0.717, 1.165) is 57.8 Å². The van der Waals surface area contributed by atoms with Crippen LogP contribution < -0.4 is 0 Å². The zero-order chi connectivity index (χ0) is 44.9. The summed E-state index contributed by atoms with van der Waals surface area (Å²) >= 11 is 0. The van der Waals surface area contributed by atoms with E-state index >= 15 is 0 Å². The van der Waals surface area contributed by atoms with Crippen molar-refractivity contribution in [3.63, 3.8) is 0 Å². The fourth-order valence-corrected chi connectivity index (χ4v) is 8.01. The minimum absolute atomic E-state index is 0.0848. The lowest BCUT2D eigenvalue weighted by Crippen LogP contribution is -2.30. The second kappa shape index (κ2) is 53.5. The summed E-state index contributed by atoms with van der Waals surface area (Å²) in [4.78, 5) is 25.4. The Balaban J connectivity index is 4.19. The Hall–Kier alpha value is -1.88. The second-order valence-corrected chi connectivity index (χ2v) is 18.5. The zero-order valence-electron chi connectivity index (χ0n) is 41.9. The summed E-state index contributed by atoms with van der Waals surface area (Å²) in [6.07, 6.45) is 64.4. The van der Waals surface area contributed by atoms with Gasteiger partial charge in [0.1, 0.15) is 6.61 Å². The molecule has 0 saturated heterocycles. The number of carbonyl (C=O) groups is 2. The topological polar surface area (TPSA) is 61.8 Å². The first-order chi connectivity index (χ1) is 30.6. The first-order valence-corrected chi connectivity index (χ1v) is 27.5. The van der Waals surface area contributed by atoms with Crippen LogP contribution in [-0.2, 0) is 23.8 Å². The zero-order valence-corrected chi connectivity index (χ0v) is 41.9. The van der Waals surface area contributed by atoms with Crippen LogP contribution in [0.2, 0.25) is 0 Å². The summed E-state index contributed by atoms with van der Waals surface area (Å²) in [6.45, 7) is 7.82. The molecule has 62 heavy (non-hydrogen) atoms. The number of carbonyl (C=O) groups excluding carboxylic acids is 2. The summed E-state index contributed by atoms with van der Waals surface area (Å²) < 4.78 is 17.4. The highest BCUT2D eigenvalue weighted by atomic mass is 16.6. The van der Waals surface area contributed by atoms with Crippen LogP contribution in [-0.4, -0.2) is 37.9 Å². The SMILES string of the molecule is CCCCC/C=C\C/C=C\CCCCCCCCCCCCOCC(COC(=O)CCCCCCC/C=C\CCCCCCCC)OC(=O)CCCCCCCCCCCCC. The van der Waals surface area contributed by atoms with Crippen LogP contribution in [0.3, 0.4) is 0 Å². The largest absolute Gasteiger partial charge is 0.462 e. The van der Waals surface area contributed by atoms with Crippen LogP contribution in [0.15, 0.2) is 36.5 Å². The van der Waals surface area contributed by atoms with Crippen LogP contribution in [0.4, 0.5) is 0 Å². The third-order valence-electron chi connectivity index (χ3n) is 12.1. The number of rotatable bonds is 51. The quantitative estimate of drug-likeness (QED) is 0.0346. The van der Waals surface area contributed by atoms with Gasteiger partial charge in [0.05, 0.1) is 6.61 Å². The normalized spacial score (nSPS) is 12.4. The van der Waals surface area contributed by atoms with Gasteiger partial charge in [0.15, 0.2) is 6.10 Å². The standard InChI is InChI=1S/C57H106O5/c1-4-7-10-13-16-19-22-24-26-27-28-29-30-32-34-37-40-43-46-49-52-60-53-55(62-57(59)51-48-45-42-39-35-21-18-15-12-9-6-3)54-61-56(58)50-47-44-41-38-36-33-31-25-23-20-17-14-11-8-5-2/h16,19,24-26,31,55H,4-15,17-18,20-23,27-30,32-54H2,1-3H3/b19-16-,26-24-,31-25-. The van der Waals surface area contributed by atoms with Crippen molar-refractivity contribution >= 4 is 11.9 Å². The van der Waals surface area contributed by atoms with Crippen LogP contribution in [0, 0.1) is 0 Å². The summed E-state index contributed by atoms with van der Waals surface area (Å²) in [5, 5.41) is 0. The number of ether oxygens (including phenoxy) is 3. The molecule has 0 N–H and O–H groups in total. The first-order valence-electron chi connectivity index (χ1n) is 27.5. The molecular formula is C57H106O5. The smallest absolute Gasteiger partial charge is 0.306 e. The van der Waals surface area contributed by atoms with Gasteiger partial charge in [-0.2, -0.15) is 0 Å². The van der Waals surface area contributed by atoms with E-state index in [9.17, 15) is 9.59 Å². The fraction of sp³-hybridized carbons (Fsp3) is 0.860. The van der Waals surface area contributed by atoms with Crippen LogP contribution in [0.5, 0.6) is 0 Å². The number of esters is 2. The van der Waals surface area contributed by atoms with E-state index in [1.54, 1.807) is 0 Å². The Morgan fingerprint density at radius 2 is 0.677 bits per heavy atom. The molecule has 0 radical (unpaired) electrons. The lowest BCUT2D eigenvalue weighted by Gasteiger charge is -2.18. The summed E-state index contributed by atoms with van der Waals surface area (Å²) in [5.41, 5.74) is 0. The van der Waals surface area contributed by atoms with Crippen LogP contribution in [0.1, 0.15) is 290 Å². The Bertz CT molecular complexity index is 986. The second-order valence-electron chi connectivity index (χ2n) is 18.5. The molecule has 0 amide bonds. The molecule has 0 aliphatic heterocycles. The van der Waals surface area contributed by atoms with Gasteiger partial charge in [0.2, 0.25) is 0 Å². The average Bonchev–Trinajstić information content (AvgIpc) is 3.27. The Morgan fingerprint density at radius 1 is 0.355 bits per heavy atom. The van der Waals surface area contributed by atoms with Crippen LogP contribution in [0.25, 0.3) is 0 Å². The van der Waals surface area contributed by atoms with Crippen molar-refractivity contribution in [3.05, 3.63) is 36.5 Å². The van der Waals surface area contributed by atoms with E-state index in [1.165, 1.54) is 199 Å². The summed E-state index contributed by atoms with van der Waals surface area (Å²) in [5.74, 6) is -0.394. The molecule has 1 atom stereocenters. The molecule has 0 heterocycles. The van der Waals surface area contributed by atoms with Gasteiger partial charge in [-0.05, 0) is 77.0 Å². The van der Waals surface area contributed by atoms with Crippen molar-refractivity contribution < 1.29 is 23.8 Å². The van der Waals surface area contributed by atoms with Gasteiger partial charge in [-0.3, -0.25) is 9.59 Å². The van der Waals surface area contributed by atoms with E-state index in [2.05, 4.69) is 57.2 Å². The van der Waals surface area contributed by atoms with E-state index in [0.29, 0.717) is 19.4 Å². The van der Waals surface area contributed by atoms with Gasteiger partial charge in [0, 0.05) is 19.4 Å². The Kier molecular flexibility index (Phi) is 51.8. The fourth-order valence-electron chi connectivity index (χ4n) is 8.01. The molecule has 0 saturated carbocycles. The third kappa shape index (κ3) is 50.8. The van der Waals surface area contributed by atoms with Crippen molar-refractivity contribution in [2.24, 2.45) is 0 Å². The van der Waals surface area contributed by atoms with Crippen molar-refractivity contribution in [2.75, 3.05) is 19.8 Å². The maximum Gasteiger partial charge on any atom is 0.306 e. The number of hydrogen-bond acceptors (Lipinski definition) is 5. The molecule has 0 aromatic rings. The van der Waals surface area contributed by atoms with E-state index < -0.39 is 6.10 Å². The van der Waals surface area contributed by atoms with Crippen molar-refractivity contribution in [1.82, 2.24) is 0 Å². The highest BCUT2D eigenvalue weighted by Gasteiger charge is 2.17. The number of unbranched alkanes of at least 4 members (excludes halogenated alkanes) is 34. The van der Waals surface area contributed by atoms with Crippen molar-refractivity contribution in [3.8, 4) is 0 Å². The maximum absolute atomic E-state index is 12.8. The van der Waals surface area contributed by atoms with Crippen LogP contribution >= 0.6 is 0 Å². The van der Waals surface area contributed by atoms with E-state index in [-0.39, 0.29) is 25.2 Å². The molecule has 0 fully saturated rings.